The second-order valence-corrected chi connectivity index (χ2v) is 19.3. The minimum Gasteiger partial charge on any atom is -0.494 e. The van der Waals surface area contributed by atoms with Crippen LogP contribution in [0.3, 0.4) is 0 Å². The summed E-state index contributed by atoms with van der Waals surface area (Å²) in [7, 11) is 0. The number of rotatable bonds is 18. The molecule has 2 heterocycles. The first kappa shape index (κ1) is 40.8. The molecule has 0 spiro atoms. The molecule has 3 aromatic rings. The van der Waals surface area contributed by atoms with Crippen LogP contribution in [0.2, 0.25) is 0 Å². The van der Waals surface area contributed by atoms with Crippen molar-refractivity contribution in [3.63, 3.8) is 0 Å². The summed E-state index contributed by atoms with van der Waals surface area (Å²) in [5, 5.41) is 0. The topological polar surface area (TPSA) is 105 Å². The number of esters is 1. The largest absolute Gasteiger partial charge is 0.494 e. The summed E-state index contributed by atoms with van der Waals surface area (Å²) in [5.74, 6) is 6.08. The van der Waals surface area contributed by atoms with Gasteiger partial charge in [-0.3, -0.25) is 0 Å². The van der Waals surface area contributed by atoms with Gasteiger partial charge in [0.15, 0.2) is 11.5 Å². The number of nitrogens with two attached hydrogens (primary N) is 1. The van der Waals surface area contributed by atoms with Gasteiger partial charge in [-0.25, -0.2) is 19.7 Å². The highest BCUT2D eigenvalue weighted by molar-refractivity contribution is 5.89. The zero-order chi connectivity index (χ0) is 39.3. The number of aryl methyl sites for hydroxylation is 1. The van der Waals surface area contributed by atoms with Gasteiger partial charge in [0.2, 0.25) is 0 Å². The summed E-state index contributed by atoms with van der Waals surface area (Å²) in [5.41, 5.74) is 10.4. The highest BCUT2D eigenvalue weighted by Crippen LogP contribution is 2.67. The van der Waals surface area contributed by atoms with E-state index in [0.717, 1.165) is 92.0 Å². The van der Waals surface area contributed by atoms with Crippen molar-refractivity contribution in [1.29, 1.82) is 0 Å². The van der Waals surface area contributed by atoms with Crippen LogP contribution in [0.4, 0.5) is 5.82 Å². The Hall–Kier alpha value is -3.42. The Labute approximate surface area is 337 Å². The Morgan fingerprint density at radius 1 is 0.875 bits per heavy atom. The minimum atomic E-state index is -0.204. The van der Waals surface area contributed by atoms with Crippen LogP contribution in [0.1, 0.15) is 161 Å². The van der Waals surface area contributed by atoms with Gasteiger partial charge in [-0.05, 0) is 128 Å². The molecular weight excluding hydrogens is 695 g/mol. The van der Waals surface area contributed by atoms with Crippen molar-refractivity contribution in [3.8, 4) is 5.75 Å². The van der Waals surface area contributed by atoms with Gasteiger partial charge in [-0.1, -0.05) is 97.6 Å². The lowest BCUT2D eigenvalue weighted by Gasteiger charge is -2.58. The number of nitrogen functional groups attached to an aromatic ring is 1. The fourth-order valence-corrected chi connectivity index (χ4v) is 12.2. The van der Waals surface area contributed by atoms with Crippen LogP contribution in [-0.4, -0.2) is 38.2 Å². The second kappa shape index (κ2) is 18.0. The number of imidazole rings is 1. The summed E-state index contributed by atoms with van der Waals surface area (Å²) >= 11 is 0. The Bertz CT molecular complexity index is 1780. The molecule has 2 N–H and O–H groups in total. The molecule has 0 bridgehead atoms. The number of nitrogens with zero attached hydrogens (tertiary/aromatic N) is 4. The van der Waals surface area contributed by atoms with Gasteiger partial charge in [-0.15, -0.1) is 0 Å². The quantitative estimate of drug-likeness (QED) is 0.0781. The molecule has 7 rings (SSSR count). The van der Waals surface area contributed by atoms with Crippen molar-refractivity contribution in [2.24, 2.45) is 46.3 Å². The molecule has 3 fully saturated rings. The van der Waals surface area contributed by atoms with Crippen molar-refractivity contribution in [2.75, 3.05) is 12.3 Å². The van der Waals surface area contributed by atoms with Gasteiger partial charge in [-0.2, -0.15) is 0 Å². The fraction of sp³-hybridized carbons (Fsp3) is 0.708. The van der Waals surface area contributed by atoms with Gasteiger partial charge in [0, 0.05) is 13.0 Å². The zero-order valence-electron chi connectivity index (χ0n) is 35.3. The van der Waals surface area contributed by atoms with Crippen molar-refractivity contribution < 1.29 is 14.3 Å². The Balaban J connectivity index is 0.795. The first-order valence-electron chi connectivity index (χ1n) is 22.6. The predicted octanol–water partition coefficient (Wildman–Crippen LogP) is 11.8. The molecule has 0 amide bonds. The average Bonchev–Trinajstić information content (AvgIpc) is 3.77. The van der Waals surface area contributed by atoms with Gasteiger partial charge in [0.05, 0.1) is 18.5 Å². The van der Waals surface area contributed by atoms with Gasteiger partial charge >= 0.3 is 5.97 Å². The molecule has 8 heteroatoms. The van der Waals surface area contributed by atoms with Crippen LogP contribution in [0, 0.1) is 46.3 Å². The Kier molecular flexibility index (Phi) is 13.1. The van der Waals surface area contributed by atoms with E-state index in [4.69, 9.17) is 15.2 Å². The number of unbranched alkanes of at least 4 members (excludes halogenated alkanes) is 6. The molecule has 0 saturated heterocycles. The monoisotopic (exact) mass is 766 g/mol. The van der Waals surface area contributed by atoms with Crippen molar-refractivity contribution in [1.82, 2.24) is 19.5 Å². The van der Waals surface area contributed by atoms with Crippen LogP contribution < -0.4 is 10.5 Å². The molecule has 8 nitrogen and oxygen atoms in total. The molecule has 0 aliphatic heterocycles. The van der Waals surface area contributed by atoms with E-state index in [1.165, 1.54) is 83.4 Å². The number of benzene rings is 1. The van der Waals surface area contributed by atoms with E-state index in [9.17, 15) is 4.79 Å². The molecule has 56 heavy (non-hydrogen) atoms. The van der Waals surface area contributed by atoms with E-state index in [2.05, 4.69) is 60.2 Å². The fourth-order valence-electron chi connectivity index (χ4n) is 12.2. The molecule has 1 unspecified atom stereocenters. The molecule has 3 saturated carbocycles. The van der Waals surface area contributed by atoms with E-state index in [1.54, 1.807) is 5.57 Å². The number of hydrogen-bond acceptors (Lipinski definition) is 7. The highest BCUT2D eigenvalue weighted by Gasteiger charge is 2.59. The highest BCUT2D eigenvalue weighted by atomic mass is 16.5. The zero-order valence-corrected chi connectivity index (χ0v) is 35.3. The van der Waals surface area contributed by atoms with Gasteiger partial charge in [0.25, 0.3) is 0 Å². The van der Waals surface area contributed by atoms with E-state index in [1.807, 2.05) is 30.6 Å². The van der Waals surface area contributed by atoms with Gasteiger partial charge in [0.1, 0.15) is 23.7 Å². The third-order valence-electron chi connectivity index (χ3n) is 15.4. The summed E-state index contributed by atoms with van der Waals surface area (Å²) in [6.07, 6.45) is 28.1. The molecule has 2 aromatic heterocycles. The minimum absolute atomic E-state index is 0.0299. The number of fused-ring (bicyclic) bond motifs is 6. The first-order valence-corrected chi connectivity index (χ1v) is 22.6. The molecule has 4 aliphatic rings. The van der Waals surface area contributed by atoms with Crippen LogP contribution in [0.25, 0.3) is 11.2 Å². The predicted molar refractivity (Wildman–Crippen MR) is 226 cm³/mol. The second-order valence-electron chi connectivity index (χ2n) is 19.3. The number of hydrogen-bond donors (Lipinski definition) is 1. The van der Waals surface area contributed by atoms with Crippen LogP contribution in [-0.2, 0) is 11.3 Å². The lowest BCUT2D eigenvalue weighted by Crippen LogP contribution is -2.51. The molecule has 1 aromatic carbocycles. The maximum Gasteiger partial charge on any atom is 0.338 e. The van der Waals surface area contributed by atoms with Crippen LogP contribution >= 0.6 is 0 Å². The molecular formula is C48H71N5O3. The third kappa shape index (κ3) is 8.84. The van der Waals surface area contributed by atoms with Gasteiger partial charge < -0.3 is 19.8 Å². The Morgan fingerprint density at radius 2 is 1.64 bits per heavy atom. The maximum atomic E-state index is 13.3. The Morgan fingerprint density at radius 3 is 2.43 bits per heavy atom. The summed E-state index contributed by atoms with van der Waals surface area (Å²) in [4.78, 5) is 26.0. The number of aromatic nitrogens is 4. The standard InChI is InChI=1S/C48H71N5O3/c1-33(2)14-13-15-34(3)40-22-23-41-39-21-18-36-30-38(24-26-47(36,4)42(39)25-27-48(40,41)5)56-46(54)35-16-19-37(20-17-35)55-29-12-10-8-6-7-9-11-28-53-32-52-43-44(49)50-31-51-45(43)53/h16-20,31-34,38-42H,6-15,21-30H2,1-5H3,(H2,49,50,51)/t34-,38?,39+,40-,41+,42+,47+,48-/m1/s1. The molecule has 306 valence electrons. The molecule has 4 aliphatic carbocycles. The van der Waals surface area contributed by atoms with E-state index in [-0.39, 0.29) is 17.5 Å². The number of anilines is 1. The lowest BCUT2D eigenvalue weighted by atomic mass is 9.47. The van der Waals surface area contributed by atoms with Crippen molar-refractivity contribution in [3.05, 3.63) is 54.1 Å². The van der Waals surface area contributed by atoms with E-state index < -0.39 is 0 Å². The number of carbonyl (C=O) groups excluding carboxylic acids is 1. The summed E-state index contributed by atoms with van der Waals surface area (Å²) in [6, 6.07) is 7.56. The summed E-state index contributed by atoms with van der Waals surface area (Å²) < 4.78 is 14.3. The number of allylic oxidation sites excluding steroid dienone is 1. The smallest absolute Gasteiger partial charge is 0.338 e. The van der Waals surface area contributed by atoms with E-state index in [0.29, 0.717) is 28.9 Å². The molecule has 8 atom stereocenters. The summed E-state index contributed by atoms with van der Waals surface area (Å²) in [6.45, 7) is 14.2. The number of ether oxygens (including phenoxy) is 2. The third-order valence-corrected chi connectivity index (χ3v) is 15.4. The number of carbonyl (C=O) groups is 1. The maximum absolute atomic E-state index is 13.3. The normalized spacial score (nSPS) is 29.0. The van der Waals surface area contributed by atoms with Crippen LogP contribution in [0.15, 0.2) is 48.6 Å². The van der Waals surface area contributed by atoms with Crippen LogP contribution in [0.5, 0.6) is 5.75 Å². The lowest BCUT2D eigenvalue weighted by molar-refractivity contribution is -0.0594. The molecule has 0 radical (unpaired) electrons. The first-order chi connectivity index (χ1) is 27.1. The van der Waals surface area contributed by atoms with Crippen molar-refractivity contribution in [2.45, 2.75) is 163 Å². The SMILES string of the molecule is CC(C)CCC[C@@H](C)[C@H]1CC[C@H]2[C@@H]3CC=C4CC(OC(=O)c5ccc(OCCCCCCCCCn6cnc7c(N)ncnc76)cc5)CC[C@]4(C)[C@H]3CC[C@]12C. The van der Waals surface area contributed by atoms with Crippen molar-refractivity contribution >= 4 is 23.0 Å². The average molecular weight is 766 g/mol. The van der Waals surface area contributed by atoms with E-state index >= 15 is 0 Å².